The molecule has 13 heavy (non-hydrogen) atoms. The van der Waals surface area contributed by atoms with Crippen molar-refractivity contribution in [2.24, 2.45) is 0 Å². The van der Waals surface area contributed by atoms with E-state index < -0.39 is 0 Å². The number of hydrogen-bond acceptors (Lipinski definition) is 2. The van der Waals surface area contributed by atoms with Crippen LogP contribution in [0, 0.1) is 20.4 Å². The quantitative estimate of drug-likeness (QED) is 0.678. The molecule has 1 rings (SSSR count). The first-order valence-corrected chi connectivity index (χ1v) is 4.35. The van der Waals surface area contributed by atoms with Gasteiger partial charge in [-0.1, -0.05) is 11.6 Å². The van der Waals surface area contributed by atoms with E-state index in [0.29, 0.717) is 23.8 Å². The van der Waals surface area contributed by atoms with Crippen LogP contribution in [-0.4, -0.2) is 16.5 Å². The summed E-state index contributed by atoms with van der Waals surface area (Å²) in [6, 6.07) is 0. The Morgan fingerprint density at radius 3 is 2.69 bits per heavy atom. The minimum Gasteiger partial charge on any atom is -0.317 e. The fourth-order valence-corrected chi connectivity index (χ4v) is 1.28. The number of rotatable bonds is 2. The molecule has 3 nitrogen and oxygen atoms in total. The lowest BCUT2D eigenvalue weighted by atomic mass is 10.2. The lowest BCUT2D eigenvalue weighted by Crippen LogP contribution is -2.01. The number of aromatic nitrogens is 2. The molecule has 0 saturated carbocycles. The molecule has 0 bridgehead atoms. The van der Waals surface area contributed by atoms with Gasteiger partial charge in [-0.05, 0) is 13.8 Å². The first kappa shape index (κ1) is 9.94. The van der Waals surface area contributed by atoms with Gasteiger partial charge in [0.1, 0.15) is 5.82 Å². The van der Waals surface area contributed by atoms with Gasteiger partial charge in [0, 0.05) is 0 Å². The molecular formula is C9H10ClN3. The lowest BCUT2D eigenvalue weighted by Gasteiger charge is -2.03. The maximum atomic E-state index is 6.67. The molecule has 0 aliphatic rings. The Morgan fingerprint density at radius 1 is 1.38 bits per heavy atom. The van der Waals surface area contributed by atoms with Crippen LogP contribution in [-0.2, 0) is 6.42 Å². The molecule has 0 saturated heterocycles. The van der Waals surface area contributed by atoms with Crippen molar-refractivity contribution in [3.8, 4) is 0 Å². The van der Waals surface area contributed by atoms with Crippen LogP contribution in [0.3, 0.4) is 0 Å². The summed E-state index contributed by atoms with van der Waals surface area (Å²) in [7, 11) is 0. The van der Waals surface area contributed by atoms with Gasteiger partial charge in [-0.15, -0.1) is 0 Å². The normalized spacial score (nSPS) is 9.69. The van der Waals surface area contributed by atoms with Gasteiger partial charge in [-0.3, -0.25) is 0 Å². The highest BCUT2D eigenvalue weighted by molar-refractivity contribution is 6.31. The number of halogens is 1. The predicted molar refractivity (Wildman–Crippen MR) is 51.7 cm³/mol. The molecular weight excluding hydrogens is 186 g/mol. The predicted octanol–water partition coefficient (Wildman–Crippen LogP) is 2.21. The molecule has 0 spiro atoms. The average molecular weight is 196 g/mol. The Bertz CT molecular complexity index is 355. The molecule has 0 unspecified atom stereocenters. The van der Waals surface area contributed by atoms with Gasteiger partial charge in [0.15, 0.2) is 0 Å². The van der Waals surface area contributed by atoms with Crippen LogP contribution in [0.1, 0.15) is 17.2 Å². The van der Waals surface area contributed by atoms with Gasteiger partial charge >= 0.3 is 0 Å². The van der Waals surface area contributed by atoms with Crippen molar-refractivity contribution < 1.29 is 0 Å². The fraction of sp³-hybridized carbons (Fsp3) is 0.444. The SMILES string of the molecule is [C-]#[N+]CCc1nc(C)nc(C)c1Cl. The van der Waals surface area contributed by atoms with E-state index in [1.807, 2.05) is 13.8 Å². The van der Waals surface area contributed by atoms with E-state index in [1.165, 1.54) is 0 Å². The van der Waals surface area contributed by atoms with Crippen molar-refractivity contribution in [2.75, 3.05) is 6.54 Å². The van der Waals surface area contributed by atoms with Gasteiger partial charge < -0.3 is 4.85 Å². The molecule has 0 radical (unpaired) electrons. The first-order chi connectivity index (χ1) is 6.15. The number of aryl methyl sites for hydroxylation is 2. The van der Waals surface area contributed by atoms with Gasteiger partial charge in [-0.25, -0.2) is 16.5 Å². The molecule has 0 aliphatic heterocycles. The van der Waals surface area contributed by atoms with Gasteiger partial charge in [-0.2, -0.15) is 0 Å². The van der Waals surface area contributed by atoms with E-state index in [4.69, 9.17) is 18.2 Å². The van der Waals surface area contributed by atoms with E-state index >= 15 is 0 Å². The summed E-state index contributed by atoms with van der Waals surface area (Å²) >= 11 is 5.97. The molecule has 0 aromatic carbocycles. The zero-order valence-electron chi connectivity index (χ0n) is 7.63. The van der Waals surface area contributed by atoms with Crippen molar-refractivity contribution in [3.63, 3.8) is 0 Å². The fourth-order valence-electron chi connectivity index (χ4n) is 1.10. The molecule has 4 heteroatoms. The van der Waals surface area contributed by atoms with E-state index in [2.05, 4.69) is 14.8 Å². The highest BCUT2D eigenvalue weighted by Gasteiger charge is 2.08. The Balaban J connectivity index is 3.00. The van der Waals surface area contributed by atoms with Crippen LogP contribution >= 0.6 is 11.6 Å². The lowest BCUT2D eigenvalue weighted by molar-refractivity contribution is 0.913. The molecule has 1 heterocycles. The van der Waals surface area contributed by atoms with Crippen molar-refractivity contribution in [1.29, 1.82) is 0 Å². The minimum atomic E-state index is 0.426. The summed E-state index contributed by atoms with van der Waals surface area (Å²) in [5, 5.41) is 0.592. The Morgan fingerprint density at radius 2 is 2.08 bits per heavy atom. The van der Waals surface area contributed by atoms with Crippen LogP contribution in [0.4, 0.5) is 0 Å². The molecule has 68 valence electrons. The Hall–Kier alpha value is -1.14. The topological polar surface area (TPSA) is 30.1 Å². The second-order valence-corrected chi connectivity index (χ2v) is 3.13. The summed E-state index contributed by atoms with van der Waals surface area (Å²) in [5.74, 6) is 0.710. The Labute approximate surface area is 82.6 Å². The van der Waals surface area contributed by atoms with Gasteiger partial charge in [0.25, 0.3) is 0 Å². The number of nitrogens with zero attached hydrogens (tertiary/aromatic N) is 3. The van der Waals surface area contributed by atoms with Gasteiger partial charge in [0.05, 0.1) is 22.8 Å². The van der Waals surface area contributed by atoms with Crippen LogP contribution in [0.15, 0.2) is 0 Å². The molecule has 0 fully saturated rings. The van der Waals surface area contributed by atoms with Crippen molar-refractivity contribution in [3.05, 3.63) is 33.7 Å². The number of hydrogen-bond donors (Lipinski definition) is 0. The summed E-state index contributed by atoms with van der Waals surface area (Å²) in [4.78, 5) is 11.6. The summed E-state index contributed by atoms with van der Waals surface area (Å²) in [6.07, 6.45) is 0.604. The molecule has 1 aromatic rings. The van der Waals surface area contributed by atoms with E-state index in [1.54, 1.807) is 0 Å². The maximum Gasteiger partial charge on any atom is 0.220 e. The third kappa shape index (κ3) is 2.40. The molecule has 0 amide bonds. The molecule has 0 N–H and O–H groups in total. The third-order valence-corrected chi connectivity index (χ3v) is 2.15. The average Bonchev–Trinajstić information content (AvgIpc) is 2.09. The third-order valence-electron chi connectivity index (χ3n) is 1.66. The monoisotopic (exact) mass is 195 g/mol. The van der Waals surface area contributed by atoms with Crippen LogP contribution in [0.5, 0.6) is 0 Å². The zero-order chi connectivity index (χ0) is 9.84. The summed E-state index contributed by atoms with van der Waals surface area (Å²) in [5.41, 5.74) is 1.57. The highest BCUT2D eigenvalue weighted by atomic mass is 35.5. The summed E-state index contributed by atoms with van der Waals surface area (Å²) < 4.78 is 0. The van der Waals surface area contributed by atoms with Crippen molar-refractivity contribution in [1.82, 2.24) is 9.97 Å². The largest absolute Gasteiger partial charge is 0.317 e. The zero-order valence-corrected chi connectivity index (χ0v) is 8.39. The second-order valence-electron chi connectivity index (χ2n) is 2.75. The maximum absolute atomic E-state index is 6.67. The van der Waals surface area contributed by atoms with Crippen molar-refractivity contribution in [2.45, 2.75) is 20.3 Å². The molecule has 0 atom stereocenters. The molecule has 0 aliphatic carbocycles. The summed E-state index contributed by atoms with van der Waals surface area (Å²) in [6.45, 7) is 10.8. The minimum absolute atomic E-state index is 0.426. The Kier molecular flexibility index (Phi) is 3.21. The second kappa shape index (κ2) is 4.20. The van der Waals surface area contributed by atoms with E-state index in [-0.39, 0.29) is 0 Å². The molecule has 1 aromatic heterocycles. The van der Waals surface area contributed by atoms with Crippen LogP contribution < -0.4 is 0 Å². The standard InChI is InChI=1S/C9H10ClN3/c1-6-9(10)8(4-5-11-3)13-7(2)12-6/h4-5H2,1-2H3. The van der Waals surface area contributed by atoms with E-state index in [0.717, 1.165) is 11.4 Å². The smallest absolute Gasteiger partial charge is 0.220 e. The highest BCUT2D eigenvalue weighted by Crippen LogP contribution is 2.17. The van der Waals surface area contributed by atoms with Crippen LogP contribution in [0.2, 0.25) is 5.02 Å². The van der Waals surface area contributed by atoms with Crippen molar-refractivity contribution >= 4 is 11.6 Å². The first-order valence-electron chi connectivity index (χ1n) is 3.98. The van der Waals surface area contributed by atoms with Gasteiger partial charge in [0.2, 0.25) is 6.54 Å². The van der Waals surface area contributed by atoms with Crippen LogP contribution in [0.25, 0.3) is 4.85 Å². The van der Waals surface area contributed by atoms with E-state index in [9.17, 15) is 0 Å².